The fraction of sp³-hybridized carbons (Fsp3) is 0.400. The predicted molar refractivity (Wildman–Crippen MR) is 80.5 cm³/mol. The molecule has 1 aliphatic rings. The maximum Gasteiger partial charge on any atom is 0.129 e. The lowest BCUT2D eigenvalue weighted by molar-refractivity contribution is 0.621. The number of benzene rings is 1. The molecule has 2 nitrogen and oxygen atoms in total. The first kappa shape index (κ1) is 11.8. The number of thioether (sulfide) groups is 1. The van der Waals surface area contributed by atoms with E-state index < -0.39 is 0 Å². The number of hydrogen-bond acceptors (Lipinski definition) is 3. The Morgan fingerprint density at radius 1 is 1.17 bits per heavy atom. The molecule has 0 radical (unpaired) electrons. The Hall–Kier alpha value is -1.22. The summed E-state index contributed by atoms with van der Waals surface area (Å²) in [5.74, 6) is 2.31. The van der Waals surface area contributed by atoms with E-state index in [2.05, 4.69) is 66.9 Å². The van der Waals surface area contributed by atoms with Gasteiger partial charge in [-0.05, 0) is 25.1 Å². The number of nitrogens with zero attached hydrogens (tertiary/aromatic N) is 2. The van der Waals surface area contributed by atoms with Gasteiger partial charge in [-0.1, -0.05) is 25.1 Å². The third-order valence-corrected chi connectivity index (χ3v) is 5.10. The van der Waals surface area contributed by atoms with Gasteiger partial charge >= 0.3 is 0 Å². The minimum atomic E-state index is 0.553. The lowest BCUT2D eigenvalue weighted by atomic mass is 10.2. The minimum Gasteiger partial charge on any atom is -0.352 e. The summed E-state index contributed by atoms with van der Waals surface area (Å²) in [6.45, 7) is 5.71. The van der Waals surface area contributed by atoms with Crippen LogP contribution in [0.15, 0.2) is 36.4 Å². The predicted octanol–water partition coefficient (Wildman–Crippen LogP) is 3.57. The molecular weight excluding hydrogens is 240 g/mol. The van der Waals surface area contributed by atoms with E-state index in [1.165, 1.54) is 11.1 Å². The molecule has 1 aliphatic heterocycles. The first-order chi connectivity index (χ1) is 8.75. The molecule has 18 heavy (non-hydrogen) atoms. The van der Waals surface area contributed by atoms with Crippen molar-refractivity contribution in [3.8, 4) is 0 Å². The molecule has 0 bridgehead atoms. The van der Waals surface area contributed by atoms with Crippen molar-refractivity contribution < 1.29 is 0 Å². The van der Waals surface area contributed by atoms with E-state index in [1.54, 1.807) is 0 Å². The molecule has 94 valence electrons. The third-order valence-electron chi connectivity index (χ3n) is 3.76. The van der Waals surface area contributed by atoms with Gasteiger partial charge in [0.25, 0.3) is 0 Å². The molecule has 2 atom stereocenters. The van der Waals surface area contributed by atoms with Crippen LogP contribution >= 0.6 is 11.8 Å². The van der Waals surface area contributed by atoms with Gasteiger partial charge in [0.05, 0.1) is 5.52 Å². The Labute approximate surface area is 112 Å². The van der Waals surface area contributed by atoms with Gasteiger partial charge in [0.2, 0.25) is 0 Å². The summed E-state index contributed by atoms with van der Waals surface area (Å²) < 4.78 is 0. The van der Waals surface area contributed by atoms with Crippen molar-refractivity contribution >= 4 is 28.5 Å². The van der Waals surface area contributed by atoms with Crippen LogP contribution in [0.1, 0.15) is 13.8 Å². The van der Waals surface area contributed by atoms with E-state index in [9.17, 15) is 0 Å². The van der Waals surface area contributed by atoms with Crippen molar-refractivity contribution in [3.05, 3.63) is 36.4 Å². The number of fused-ring (bicyclic) bond motifs is 1. The zero-order valence-electron chi connectivity index (χ0n) is 10.8. The minimum absolute atomic E-state index is 0.553. The largest absolute Gasteiger partial charge is 0.352 e. The first-order valence-corrected chi connectivity index (χ1v) is 7.54. The molecule has 1 saturated heterocycles. The van der Waals surface area contributed by atoms with Crippen LogP contribution in [-0.4, -0.2) is 28.6 Å². The Kier molecular flexibility index (Phi) is 3.16. The van der Waals surface area contributed by atoms with Crippen LogP contribution in [0.25, 0.3) is 10.9 Å². The van der Waals surface area contributed by atoms with Gasteiger partial charge in [-0.25, -0.2) is 4.98 Å². The van der Waals surface area contributed by atoms with Gasteiger partial charge in [-0.15, -0.1) is 0 Å². The third kappa shape index (κ3) is 2.07. The summed E-state index contributed by atoms with van der Waals surface area (Å²) in [4.78, 5) is 7.24. The molecule has 2 aromatic rings. The topological polar surface area (TPSA) is 16.1 Å². The molecule has 2 heterocycles. The molecule has 1 aromatic heterocycles. The highest BCUT2D eigenvalue weighted by atomic mass is 32.2. The number of rotatable bonds is 1. The maximum atomic E-state index is 4.80. The van der Waals surface area contributed by atoms with Crippen LogP contribution in [0.5, 0.6) is 0 Å². The molecular formula is C15H18N2S. The number of hydrogen-bond donors (Lipinski definition) is 0. The molecule has 1 fully saturated rings. The van der Waals surface area contributed by atoms with Crippen LogP contribution in [0.3, 0.4) is 0 Å². The molecule has 0 saturated carbocycles. The van der Waals surface area contributed by atoms with Crippen molar-refractivity contribution in [1.82, 2.24) is 4.98 Å². The second kappa shape index (κ2) is 4.81. The summed E-state index contributed by atoms with van der Waals surface area (Å²) in [5.41, 5.74) is 1.09. The van der Waals surface area contributed by atoms with E-state index in [4.69, 9.17) is 4.98 Å². The van der Waals surface area contributed by atoms with Crippen LogP contribution in [0.4, 0.5) is 5.82 Å². The average molecular weight is 258 g/mol. The van der Waals surface area contributed by atoms with Crippen molar-refractivity contribution in [2.75, 3.05) is 17.2 Å². The number of para-hydroxylation sites is 1. The smallest absolute Gasteiger partial charge is 0.129 e. The molecule has 0 spiro atoms. The Morgan fingerprint density at radius 2 is 2.00 bits per heavy atom. The fourth-order valence-electron chi connectivity index (χ4n) is 2.47. The molecule has 3 rings (SSSR count). The molecule has 0 aliphatic carbocycles. The van der Waals surface area contributed by atoms with Crippen molar-refractivity contribution in [2.45, 2.75) is 25.1 Å². The van der Waals surface area contributed by atoms with Crippen molar-refractivity contribution in [2.24, 2.45) is 0 Å². The lowest BCUT2D eigenvalue weighted by Gasteiger charge is -2.38. The maximum absolute atomic E-state index is 4.80. The summed E-state index contributed by atoms with van der Waals surface area (Å²) in [6, 6.07) is 13.2. The standard InChI is InChI=1S/C15H18N2S/c1-11-12(2)18-10-9-17(11)15-8-7-13-5-3-4-6-14(13)16-15/h3-8,11-12H,9-10H2,1-2H3. The SMILES string of the molecule is CC1SCCN(c2ccc3ccccc3n2)C1C. The quantitative estimate of drug-likeness (QED) is 0.778. The molecule has 0 amide bonds. The van der Waals surface area contributed by atoms with Gasteiger partial charge in [0.15, 0.2) is 0 Å². The monoisotopic (exact) mass is 258 g/mol. The second-order valence-corrected chi connectivity index (χ2v) is 6.36. The van der Waals surface area contributed by atoms with Gasteiger partial charge in [0.1, 0.15) is 5.82 Å². The van der Waals surface area contributed by atoms with E-state index in [0.29, 0.717) is 11.3 Å². The molecule has 3 heteroatoms. The van der Waals surface area contributed by atoms with E-state index in [1.807, 2.05) is 0 Å². The van der Waals surface area contributed by atoms with E-state index >= 15 is 0 Å². The van der Waals surface area contributed by atoms with Crippen LogP contribution < -0.4 is 4.90 Å². The molecule has 2 unspecified atom stereocenters. The second-order valence-electron chi connectivity index (χ2n) is 4.87. The average Bonchev–Trinajstić information content (AvgIpc) is 2.41. The van der Waals surface area contributed by atoms with Gasteiger partial charge in [0, 0.05) is 29.0 Å². The Balaban J connectivity index is 1.98. The molecule has 1 aromatic carbocycles. The summed E-state index contributed by atoms with van der Waals surface area (Å²) in [7, 11) is 0. The van der Waals surface area contributed by atoms with Crippen molar-refractivity contribution in [3.63, 3.8) is 0 Å². The normalized spacial score (nSPS) is 24.4. The molecule has 0 N–H and O–H groups in total. The van der Waals surface area contributed by atoms with Crippen molar-refractivity contribution in [1.29, 1.82) is 0 Å². The number of pyridine rings is 1. The summed E-state index contributed by atoms with van der Waals surface area (Å²) in [6.07, 6.45) is 0. The number of anilines is 1. The van der Waals surface area contributed by atoms with Gasteiger partial charge in [-0.3, -0.25) is 0 Å². The van der Waals surface area contributed by atoms with Gasteiger partial charge in [-0.2, -0.15) is 11.8 Å². The zero-order chi connectivity index (χ0) is 12.5. The van der Waals surface area contributed by atoms with E-state index in [-0.39, 0.29) is 0 Å². The van der Waals surface area contributed by atoms with Crippen LogP contribution in [0, 0.1) is 0 Å². The highest BCUT2D eigenvalue weighted by Gasteiger charge is 2.26. The van der Waals surface area contributed by atoms with Gasteiger partial charge < -0.3 is 4.90 Å². The highest BCUT2D eigenvalue weighted by molar-refractivity contribution is 8.00. The Bertz CT molecular complexity index is 555. The fourth-order valence-corrected chi connectivity index (χ4v) is 3.57. The Morgan fingerprint density at radius 3 is 2.89 bits per heavy atom. The first-order valence-electron chi connectivity index (χ1n) is 6.50. The summed E-state index contributed by atoms with van der Waals surface area (Å²) >= 11 is 2.06. The van der Waals surface area contributed by atoms with Crippen LogP contribution in [-0.2, 0) is 0 Å². The van der Waals surface area contributed by atoms with E-state index in [0.717, 1.165) is 17.9 Å². The number of aromatic nitrogens is 1. The zero-order valence-corrected chi connectivity index (χ0v) is 11.7. The summed E-state index contributed by atoms with van der Waals surface area (Å²) in [5, 5.41) is 1.89. The highest BCUT2D eigenvalue weighted by Crippen LogP contribution is 2.28. The van der Waals surface area contributed by atoms with Crippen LogP contribution in [0.2, 0.25) is 0 Å². The lowest BCUT2D eigenvalue weighted by Crippen LogP contribution is -2.45.